The van der Waals surface area contributed by atoms with Crippen LogP contribution in [0.3, 0.4) is 0 Å². The fourth-order valence-electron chi connectivity index (χ4n) is 13.3. The molecular weight excluding hydrogens is 629 g/mol. The highest BCUT2D eigenvalue weighted by molar-refractivity contribution is 6.11. The Hall–Kier alpha value is -5.40. The van der Waals surface area contributed by atoms with Crippen LogP contribution in [-0.4, -0.2) is 0 Å². The Labute approximate surface area is 304 Å². The van der Waals surface area contributed by atoms with Gasteiger partial charge in [-0.1, -0.05) is 121 Å². The molecular formula is C51H38O. The van der Waals surface area contributed by atoms with Gasteiger partial charge in [-0.3, -0.25) is 0 Å². The van der Waals surface area contributed by atoms with Crippen molar-refractivity contribution in [1.29, 1.82) is 0 Å². The van der Waals surface area contributed by atoms with Gasteiger partial charge >= 0.3 is 0 Å². The molecule has 1 nitrogen and oxygen atoms in total. The molecule has 4 saturated carbocycles. The summed E-state index contributed by atoms with van der Waals surface area (Å²) in [6.45, 7) is 0. The van der Waals surface area contributed by atoms with Crippen molar-refractivity contribution in [2.45, 2.75) is 42.9 Å². The zero-order chi connectivity index (χ0) is 33.8. The average Bonchev–Trinajstić information content (AvgIpc) is 3.66. The van der Waals surface area contributed by atoms with E-state index >= 15 is 0 Å². The summed E-state index contributed by atoms with van der Waals surface area (Å²) in [4.78, 5) is 0. The van der Waals surface area contributed by atoms with Crippen molar-refractivity contribution in [2.75, 3.05) is 0 Å². The monoisotopic (exact) mass is 666 g/mol. The fraction of sp³-hybridized carbons (Fsp3) is 0.216. The molecule has 0 unspecified atom stereocenters. The Morgan fingerprint density at radius 3 is 1.63 bits per heavy atom. The second-order valence-electron chi connectivity index (χ2n) is 16.8. The molecule has 0 radical (unpaired) electrons. The van der Waals surface area contributed by atoms with Gasteiger partial charge < -0.3 is 4.74 Å². The maximum Gasteiger partial charge on any atom is 0.131 e. The molecule has 4 bridgehead atoms. The molecule has 4 fully saturated rings. The van der Waals surface area contributed by atoms with Crippen LogP contribution in [0, 0.1) is 23.7 Å². The summed E-state index contributed by atoms with van der Waals surface area (Å²) in [6.07, 6.45) is 6.86. The predicted octanol–water partition coefficient (Wildman–Crippen LogP) is 12.7. The maximum atomic E-state index is 6.86. The number of ether oxygens (including phenoxy) is 1. The van der Waals surface area contributed by atoms with Crippen molar-refractivity contribution >= 4 is 10.8 Å². The number of fused-ring (bicyclic) bond motifs is 14. The smallest absolute Gasteiger partial charge is 0.131 e. The van der Waals surface area contributed by atoms with Gasteiger partial charge in [0, 0.05) is 16.5 Å². The quantitative estimate of drug-likeness (QED) is 0.169. The normalized spacial score (nSPS) is 25.7. The number of para-hydroxylation sites is 1. The largest absolute Gasteiger partial charge is 0.457 e. The molecule has 14 rings (SSSR count). The topological polar surface area (TPSA) is 9.23 Å². The van der Waals surface area contributed by atoms with E-state index in [9.17, 15) is 0 Å². The molecule has 7 aromatic rings. The van der Waals surface area contributed by atoms with E-state index in [4.69, 9.17) is 4.74 Å². The lowest BCUT2D eigenvalue weighted by Crippen LogP contribution is -2.56. The van der Waals surface area contributed by atoms with Crippen LogP contribution in [0.25, 0.3) is 44.2 Å². The lowest BCUT2D eigenvalue weighted by atomic mass is 9.41. The molecule has 1 heteroatoms. The second kappa shape index (κ2) is 9.72. The fourth-order valence-corrected chi connectivity index (χ4v) is 13.3. The summed E-state index contributed by atoms with van der Waals surface area (Å²) in [5, 5.41) is 2.66. The van der Waals surface area contributed by atoms with Crippen LogP contribution in [0.4, 0.5) is 0 Å². The summed E-state index contributed by atoms with van der Waals surface area (Å²) < 4.78 is 6.86. The molecule has 0 aromatic heterocycles. The van der Waals surface area contributed by atoms with Gasteiger partial charge in [0.15, 0.2) is 0 Å². The molecule has 248 valence electrons. The van der Waals surface area contributed by atoms with E-state index in [0.29, 0.717) is 11.8 Å². The molecule has 1 heterocycles. The van der Waals surface area contributed by atoms with Gasteiger partial charge in [0.05, 0.1) is 5.41 Å². The third-order valence-corrected chi connectivity index (χ3v) is 14.7. The molecule has 0 amide bonds. The molecule has 0 saturated heterocycles. The van der Waals surface area contributed by atoms with E-state index in [1.165, 1.54) is 110 Å². The minimum Gasteiger partial charge on any atom is -0.457 e. The molecule has 0 atom stereocenters. The third kappa shape index (κ3) is 3.21. The third-order valence-electron chi connectivity index (χ3n) is 14.7. The molecule has 2 spiro atoms. The summed E-state index contributed by atoms with van der Waals surface area (Å²) in [5.41, 5.74) is 16.2. The molecule has 6 aliphatic carbocycles. The van der Waals surface area contributed by atoms with Crippen LogP contribution in [0.5, 0.6) is 11.5 Å². The number of hydrogen-bond donors (Lipinski definition) is 0. The Bertz CT molecular complexity index is 2620. The lowest BCUT2D eigenvalue weighted by molar-refractivity contribution is -0.0452. The van der Waals surface area contributed by atoms with Gasteiger partial charge in [0.25, 0.3) is 0 Å². The van der Waals surface area contributed by atoms with Crippen LogP contribution in [-0.2, 0) is 10.8 Å². The van der Waals surface area contributed by atoms with Crippen molar-refractivity contribution in [1.82, 2.24) is 0 Å². The summed E-state index contributed by atoms with van der Waals surface area (Å²) in [5.74, 6) is 5.28. The number of hydrogen-bond acceptors (Lipinski definition) is 1. The van der Waals surface area contributed by atoms with Crippen LogP contribution in [0.15, 0.2) is 146 Å². The first kappa shape index (κ1) is 28.2. The molecule has 0 N–H and O–H groups in total. The van der Waals surface area contributed by atoms with Gasteiger partial charge in [0.2, 0.25) is 0 Å². The predicted molar refractivity (Wildman–Crippen MR) is 210 cm³/mol. The van der Waals surface area contributed by atoms with E-state index < -0.39 is 0 Å². The van der Waals surface area contributed by atoms with Crippen molar-refractivity contribution < 1.29 is 4.74 Å². The van der Waals surface area contributed by atoms with Crippen molar-refractivity contribution in [3.05, 3.63) is 179 Å². The summed E-state index contributed by atoms with van der Waals surface area (Å²) in [6, 6.07) is 55.7. The Balaban J connectivity index is 1.11. The van der Waals surface area contributed by atoms with E-state index in [0.717, 1.165) is 23.3 Å². The molecule has 52 heavy (non-hydrogen) atoms. The molecule has 7 aromatic carbocycles. The van der Waals surface area contributed by atoms with Crippen LogP contribution < -0.4 is 4.74 Å². The maximum absolute atomic E-state index is 6.86. The van der Waals surface area contributed by atoms with Crippen molar-refractivity contribution in [3.63, 3.8) is 0 Å². The zero-order valence-corrected chi connectivity index (χ0v) is 29.1. The first-order valence-corrected chi connectivity index (χ1v) is 19.5. The van der Waals surface area contributed by atoms with Crippen molar-refractivity contribution in [3.8, 4) is 44.9 Å². The SMILES string of the molecule is c1ccc2c(c1)Oc1ccc(-c3cc4c(c5ccccc35)-c3ccccc3C43c4ccccc4-c4ccccc43)cc1C21C2CC3CC(C2)CC1C3. The van der Waals surface area contributed by atoms with Gasteiger partial charge in [-0.15, -0.1) is 0 Å². The van der Waals surface area contributed by atoms with Crippen LogP contribution in [0.1, 0.15) is 65.5 Å². The van der Waals surface area contributed by atoms with E-state index in [1.807, 2.05) is 0 Å². The number of rotatable bonds is 1. The summed E-state index contributed by atoms with van der Waals surface area (Å²) >= 11 is 0. The first-order valence-electron chi connectivity index (χ1n) is 19.5. The van der Waals surface area contributed by atoms with Gasteiger partial charge in [-0.25, -0.2) is 0 Å². The average molecular weight is 667 g/mol. The van der Waals surface area contributed by atoms with Crippen LogP contribution in [0.2, 0.25) is 0 Å². The Morgan fingerprint density at radius 2 is 0.942 bits per heavy atom. The van der Waals surface area contributed by atoms with E-state index in [1.54, 1.807) is 0 Å². The standard InChI is InChI=1S/C51H38O/c1-2-14-38-35(11-1)40(29-46-49(38)39-15-5-8-18-43(39)51(46)41-16-6-3-12-36(41)37-13-4-7-17-42(37)51)32-21-22-48-45(28-32)50(44-19-9-10-20-47(44)52-48)33-24-30-23-31(26-33)27-34(50)25-30/h1-22,28-31,33-34H,23-27H2. The summed E-state index contributed by atoms with van der Waals surface area (Å²) in [7, 11) is 0. The van der Waals surface area contributed by atoms with Gasteiger partial charge in [-0.05, 0) is 146 Å². The number of benzene rings is 7. The van der Waals surface area contributed by atoms with E-state index in [-0.39, 0.29) is 10.8 Å². The van der Waals surface area contributed by atoms with Gasteiger partial charge in [0.1, 0.15) is 11.5 Å². The second-order valence-corrected chi connectivity index (χ2v) is 16.8. The van der Waals surface area contributed by atoms with Crippen molar-refractivity contribution in [2.24, 2.45) is 23.7 Å². The Morgan fingerprint density at radius 1 is 0.404 bits per heavy atom. The Kier molecular flexibility index (Phi) is 5.27. The highest BCUT2D eigenvalue weighted by atomic mass is 16.5. The highest BCUT2D eigenvalue weighted by Crippen LogP contribution is 2.69. The molecule has 7 aliphatic rings. The van der Waals surface area contributed by atoms with Gasteiger partial charge in [-0.2, -0.15) is 0 Å². The molecule has 1 aliphatic heterocycles. The highest BCUT2D eigenvalue weighted by Gasteiger charge is 2.61. The first-order chi connectivity index (χ1) is 25.7. The minimum atomic E-state index is -0.378. The lowest BCUT2D eigenvalue weighted by Gasteiger charge is -2.63. The zero-order valence-electron chi connectivity index (χ0n) is 29.1. The minimum absolute atomic E-state index is 0.0148. The van der Waals surface area contributed by atoms with E-state index in [2.05, 4.69) is 146 Å². The van der Waals surface area contributed by atoms with Crippen LogP contribution >= 0.6 is 0 Å².